The van der Waals surface area contributed by atoms with E-state index in [1.165, 1.54) is 0 Å². The maximum absolute atomic E-state index is 13.1. The Morgan fingerprint density at radius 2 is 1.61 bits per heavy atom. The van der Waals surface area contributed by atoms with Gasteiger partial charge in [0.1, 0.15) is 23.0 Å². The van der Waals surface area contributed by atoms with Crippen molar-refractivity contribution in [2.24, 2.45) is 0 Å². The summed E-state index contributed by atoms with van der Waals surface area (Å²) in [4.78, 5) is 34.9. The minimum Gasteiger partial charge on any atom is -0.497 e. The Morgan fingerprint density at radius 3 is 2.15 bits per heavy atom. The lowest BCUT2D eigenvalue weighted by Crippen LogP contribution is -2.43. The van der Waals surface area contributed by atoms with Crippen molar-refractivity contribution in [1.29, 1.82) is 0 Å². The Kier molecular flexibility index (Phi) is 8.72. The summed E-state index contributed by atoms with van der Waals surface area (Å²) in [6, 6.07) is 11.5. The van der Waals surface area contributed by atoms with E-state index in [2.05, 4.69) is 20.4 Å². The Morgan fingerprint density at radius 1 is 0.976 bits per heavy atom. The molecule has 3 aliphatic heterocycles. The van der Waals surface area contributed by atoms with Crippen molar-refractivity contribution >= 4 is 23.9 Å². The van der Waals surface area contributed by atoms with Gasteiger partial charge >= 0.3 is 12.2 Å². The molecule has 3 atom stereocenters. The van der Waals surface area contributed by atoms with E-state index in [0.29, 0.717) is 19.5 Å². The zero-order valence-electron chi connectivity index (χ0n) is 24.4. The van der Waals surface area contributed by atoms with Crippen LogP contribution in [0, 0.1) is 0 Å². The molecule has 0 aliphatic carbocycles. The van der Waals surface area contributed by atoms with E-state index in [0.717, 1.165) is 67.5 Å². The first kappa shape index (κ1) is 28.8. The van der Waals surface area contributed by atoms with Crippen LogP contribution in [0.2, 0.25) is 0 Å². The van der Waals surface area contributed by atoms with E-state index in [1.54, 1.807) is 27.9 Å². The van der Waals surface area contributed by atoms with Crippen LogP contribution in [0.4, 0.5) is 21.2 Å². The van der Waals surface area contributed by atoms with Crippen LogP contribution in [0.15, 0.2) is 36.4 Å². The lowest BCUT2D eigenvalue weighted by atomic mass is 10.0. The number of benzene rings is 1. The summed E-state index contributed by atoms with van der Waals surface area (Å²) in [7, 11) is 1.62. The van der Waals surface area contributed by atoms with Crippen molar-refractivity contribution in [3.05, 3.63) is 47.5 Å². The number of alkyl carbamates (subject to hydrolysis) is 1. The monoisotopic (exact) mass is 567 g/mol. The zero-order valence-corrected chi connectivity index (χ0v) is 24.4. The number of methoxy groups -OCH3 is 1. The van der Waals surface area contributed by atoms with Gasteiger partial charge in [-0.15, -0.1) is 0 Å². The van der Waals surface area contributed by atoms with Crippen LogP contribution in [-0.4, -0.2) is 80.9 Å². The Balaban J connectivity index is 1.25. The molecule has 1 aromatic heterocycles. The highest BCUT2D eigenvalue weighted by Gasteiger charge is 2.42. The number of hydrogen-bond acceptors (Lipinski definition) is 10. The van der Waals surface area contributed by atoms with Gasteiger partial charge in [0.2, 0.25) is 0 Å². The SMILES string of the molecule is COc1ccc(CC2NC[C@H](OC(=O)OC(C)(C)C)[C@H]2OC(=O)NCc2cc(N3CCC3)nc(N3CCC3)c2)cc1. The molecular weight excluding hydrogens is 526 g/mol. The molecule has 3 aliphatic rings. The molecule has 1 unspecified atom stereocenters. The third kappa shape index (κ3) is 7.52. The average molecular weight is 568 g/mol. The second kappa shape index (κ2) is 12.4. The van der Waals surface area contributed by atoms with Crippen molar-refractivity contribution in [2.45, 2.75) is 70.4 Å². The number of hydrogen-bond donors (Lipinski definition) is 2. The first-order valence-corrected chi connectivity index (χ1v) is 14.4. The first-order chi connectivity index (χ1) is 19.7. The van der Waals surface area contributed by atoms with Crippen LogP contribution >= 0.6 is 0 Å². The van der Waals surface area contributed by atoms with Gasteiger partial charge in [-0.3, -0.25) is 0 Å². The van der Waals surface area contributed by atoms with E-state index < -0.39 is 30.1 Å². The normalized spacial score (nSPS) is 21.9. The number of aromatic nitrogens is 1. The third-order valence-electron chi connectivity index (χ3n) is 7.49. The molecule has 11 nitrogen and oxygen atoms in total. The Labute approximate surface area is 241 Å². The van der Waals surface area contributed by atoms with Crippen LogP contribution in [0.5, 0.6) is 5.75 Å². The van der Waals surface area contributed by atoms with Gasteiger partial charge in [0.15, 0.2) is 12.2 Å². The highest BCUT2D eigenvalue weighted by Crippen LogP contribution is 2.27. The van der Waals surface area contributed by atoms with Gasteiger partial charge in [-0.1, -0.05) is 12.1 Å². The minimum atomic E-state index is -0.794. The van der Waals surface area contributed by atoms with Gasteiger partial charge in [0, 0.05) is 39.3 Å². The number of nitrogens with zero attached hydrogens (tertiary/aromatic N) is 3. The standard InChI is InChI=1S/C30H41N5O6/c1-30(2,3)41-29(37)39-24-19-31-23(15-20-7-9-22(38-4)10-8-20)27(24)40-28(36)32-18-21-16-25(34-11-5-12-34)33-26(17-21)35-13-6-14-35/h7-10,16-17,23-24,27,31H,5-6,11-15,18-19H2,1-4H3,(H,32,36)/t23?,24-,27-/m0/s1. The molecule has 41 heavy (non-hydrogen) atoms. The van der Waals surface area contributed by atoms with E-state index in [9.17, 15) is 9.59 Å². The molecule has 4 heterocycles. The lowest BCUT2D eigenvalue weighted by Gasteiger charge is -2.36. The Bertz CT molecular complexity index is 1180. The highest BCUT2D eigenvalue weighted by atomic mass is 16.7. The molecule has 2 N–H and O–H groups in total. The predicted octanol–water partition coefficient (Wildman–Crippen LogP) is 3.64. The van der Waals surface area contributed by atoms with Crippen molar-refractivity contribution in [3.63, 3.8) is 0 Å². The highest BCUT2D eigenvalue weighted by molar-refractivity contribution is 5.68. The molecule has 2 aromatic rings. The second-order valence-corrected chi connectivity index (χ2v) is 11.8. The number of carbonyl (C=O) groups is 2. The number of amides is 1. The molecule has 3 fully saturated rings. The van der Waals surface area contributed by atoms with Gasteiger partial charge in [-0.05, 0) is 75.4 Å². The van der Waals surface area contributed by atoms with Gasteiger partial charge in [-0.2, -0.15) is 0 Å². The lowest BCUT2D eigenvalue weighted by molar-refractivity contribution is -0.0518. The van der Waals surface area contributed by atoms with Gasteiger partial charge in [0.05, 0.1) is 13.2 Å². The Hall–Kier alpha value is -3.73. The minimum absolute atomic E-state index is 0.265. The maximum Gasteiger partial charge on any atom is 0.509 e. The number of nitrogens with one attached hydrogen (secondary N) is 2. The van der Waals surface area contributed by atoms with Crippen molar-refractivity contribution in [1.82, 2.24) is 15.6 Å². The smallest absolute Gasteiger partial charge is 0.497 e. The fraction of sp³-hybridized carbons (Fsp3) is 0.567. The topological polar surface area (TPSA) is 114 Å². The van der Waals surface area contributed by atoms with Crippen LogP contribution in [0.1, 0.15) is 44.7 Å². The number of anilines is 2. The summed E-state index contributed by atoms with van der Waals surface area (Å²) in [6.45, 7) is 9.93. The number of pyridine rings is 1. The molecule has 0 radical (unpaired) electrons. The summed E-state index contributed by atoms with van der Waals surface area (Å²) < 4.78 is 22.2. The fourth-order valence-corrected chi connectivity index (χ4v) is 5.04. The molecular formula is C30H41N5O6. The van der Waals surface area contributed by atoms with E-state index in [1.807, 2.05) is 36.4 Å². The van der Waals surface area contributed by atoms with Crippen LogP contribution in [0.3, 0.4) is 0 Å². The summed E-state index contributed by atoms with van der Waals surface area (Å²) in [6.07, 6.45) is 0.107. The maximum atomic E-state index is 13.1. The van der Waals surface area contributed by atoms with E-state index in [-0.39, 0.29) is 6.04 Å². The quantitative estimate of drug-likeness (QED) is 0.435. The number of carbonyl (C=O) groups excluding carboxylic acids is 2. The summed E-state index contributed by atoms with van der Waals surface area (Å²) in [5.41, 5.74) is 1.29. The summed E-state index contributed by atoms with van der Waals surface area (Å²) >= 11 is 0. The molecule has 3 saturated heterocycles. The van der Waals surface area contributed by atoms with Gasteiger partial charge < -0.3 is 39.4 Å². The molecule has 0 spiro atoms. The molecule has 5 rings (SSSR count). The van der Waals surface area contributed by atoms with Crippen LogP contribution in [0.25, 0.3) is 0 Å². The van der Waals surface area contributed by atoms with Crippen LogP contribution in [-0.2, 0) is 27.2 Å². The van der Waals surface area contributed by atoms with Gasteiger partial charge in [-0.25, -0.2) is 14.6 Å². The number of rotatable bonds is 9. The molecule has 0 bridgehead atoms. The van der Waals surface area contributed by atoms with Gasteiger partial charge in [0.25, 0.3) is 0 Å². The average Bonchev–Trinajstić information content (AvgIpc) is 3.20. The summed E-state index contributed by atoms with van der Waals surface area (Å²) in [5, 5.41) is 6.26. The predicted molar refractivity (Wildman–Crippen MR) is 155 cm³/mol. The first-order valence-electron chi connectivity index (χ1n) is 14.4. The molecule has 1 aromatic carbocycles. The molecule has 0 saturated carbocycles. The van der Waals surface area contributed by atoms with Crippen LogP contribution < -0.4 is 25.2 Å². The molecule has 11 heteroatoms. The second-order valence-electron chi connectivity index (χ2n) is 11.8. The van der Waals surface area contributed by atoms with Crippen molar-refractivity contribution in [3.8, 4) is 5.75 Å². The van der Waals surface area contributed by atoms with E-state index in [4.69, 9.17) is 23.9 Å². The van der Waals surface area contributed by atoms with E-state index >= 15 is 0 Å². The third-order valence-corrected chi connectivity index (χ3v) is 7.49. The van der Waals surface area contributed by atoms with Crippen molar-refractivity contribution in [2.75, 3.05) is 49.6 Å². The molecule has 222 valence electrons. The summed E-state index contributed by atoms with van der Waals surface area (Å²) in [5.74, 6) is 2.64. The largest absolute Gasteiger partial charge is 0.509 e. The van der Waals surface area contributed by atoms with Crippen molar-refractivity contribution < 1.29 is 28.5 Å². The number of ether oxygens (including phenoxy) is 4. The zero-order chi connectivity index (χ0) is 29.0. The fourth-order valence-electron chi connectivity index (χ4n) is 5.04. The molecule has 1 amide bonds.